The third kappa shape index (κ3) is 4.27. The largest absolute Gasteiger partial charge is 0.497 e. The number of nitrogens with one attached hydrogen (secondary N) is 1. The van der Waals surface area contributed by atoms with Crippen LogP contribution in [0.3, 0.4) is 0 Å². The maximum absolute atomic E-state index is 12.3. The molecule has 0 atom stereocenters. The van der Waals surface area contributed by atoms with Gasteiger partial charge in [-0.1, -0.05) is 0 Å². The molecule has 1 aliphatic rings. The molecule has 1 N–H and O–H groups in total. The number of alkyl halides is 1. The molecule has 1 aromatic rings. The van der Waals surface area contributed by atoms with Gasteiger partial charge in [0, 0.05) is 18.0 Å². The first-order valence-electron chi connectivity index (χ1n) is 7.28. The molecule has 0 heterocycles. The van der Waals surface area contributed by atoms with Crippen LogP contribution >= 0.6 is 11.6 Å². The topological polar surface area (TPSA) is 47.6 Å². The zero-order valence-electron chi connectivity index (χ0n) is 12.5. The Morgan fingerprint density at radius 2 is 1.95 bits per heavy atom. The van der Waals surface area contributed by atoms with Gasteiger partial charge in [0.2, 0.25) is 0 Å². The van der Waals surface area contributed by atoms with E-state index in [9.17, 15) is 4.79 Å². The molecule has 0 bridgehead atoms. The lowest BCUT2D eigenvalue weighted by Gasteiger charge is -2.25. The van der Waals surface area contributed by atoms with Gasteiger partial charge >= 0.3 is 0 Å². The second-order valence-corrected chi connectivity index (χ2v) is 6.01. The van der Waals surface area contributed by atoms with E-state index in [-0.39, 0.29) is 5.91 Å². The van der Waals surface area contributed by atoms with Crippen LogP contribution in [0.4, 0.5) is 0 Å². The van der Waals surface area contributed by atoms with Gasteiger partial charge in [-0.25, -0.2) is 0 Å². The first-order chi connectivity index (χ1) is 10.1. The van der Waals surface area contributed by atoms with Gasteiger partial charge < -0.3 is 14.8 Å². The van der Waals surface area contributed by atoms with E-state index in [0.717, 1.165) is 25.7 Å². The smallest absolute Gasteiger partial charge is 0.255 e. The monoisotopic (exact) mass is 311 g/mol. The van der Waals surface area contributed by atoms with Crippen molar-refractivity contribution in [3.05, 3.63) is 23.8 Å². The Hall–Kier alpha value is -1.42. The normalized spacial score (nSPS) is 21.7. The highest BCUT2D eigenvalue weighted by molar-refractivity contribution is 6.20. The van der Waals surface area contributed by atoms with E-state index in [1.807, 2.05) is 0 Å². The van der Waals surface area contributed by atoms with E-state index in [1.54, 1.807) is 32.4 Å². The highest BCUT2D eigenvalue weighted by Crippen LogP contribution is 2.28. The zero-order chi connectivity index (χ0) is 15.2. The predicted octanol–water partition coefficient (Wildman–Crippen LogP) is 3.23. The Morgan fingerprint density at radius 1 is 1.24 bits per heavy atom. The fraction of sp³-hybridized carbons (Fsp3) is 0.562. The average Bonchev–Trinajstić information content (AvgIpc) is 2.53. The van der Waals surface area contributed by atoms with Crippen LogP contribution in [0.15, 0.2) is 18.2 Å². The molecule has 116 valence electrons. The van der Waals surface area contributed by atoms with Crippen LogP contribution in [0, 0.1) is 5.92 Å². The van der Waals surface area contributed by atoms with Crippen molar-refractivity contribution >= 4 is 17.5 Å². The van der Waals surface area contributed by atoms with Gasteiger partial charge in [0.25, 0.3) is 5.91 Å². The number of rotatable bonds is 5. The molecule has 0 radical (unpaired) electrons. The van der Waals surface area contributed by atoms with Crippen molar-refractivity contribution in [2.45, 2.75) is 31.1 Å². The van der Waals surface area contributed by atoms with Crippen molar-refractivity contribution in [3.63, 3.8) is 0 Å². The van der Waals surface area contributed by atoms with Crippen molar-refractivity contribution in [1.29, 1.82) is 0 Å². The van der Waals surface area contributed by atoms with Gasteiger partial charge in [0.15, 0.2) is 0 Å². The van der Waals surface area contributed by atoms with Gasteiger partial charge in [0.05, 0.1) is 19.8 Å². The number of hydrogen-bond acceptors (Lipinski definition) is 3. The first kappa shape index (κ1) is 16.0. The number of carbonyl (C=O) groups excluding carboxylic acids is 1. The molecule has 0 unspecified atom stereocenters. The molecule has 1 saturated carbocycles. The van der Waals surface area contributed by atoms with E-state index in [1.165, 1.54) is 0 Å². The van der Waals surface area contributed by atoms with E-state index in [2.05, 4.69) is 5.32 Å². The van der Waals surface area contributed by atoms with Crippen LogP contribution in [-0.4, -0.2) is 32.0 Å². The lowest BCUT2D eigenvalue weighted by atomic mass is 9.89. The first-order valence-corrected chi connectivity index (χ1v) is 7.72. The molecule has 21 heavy (non-hydrogen) atoms. The van der Waals surface area contributed by atoms with E-state index >= 15 is 0 Å². The van der Waals surface area contributed by atoms with Crippen LogP contribution in [-0.2, 0) is 0 Å². The number of benzene rings is 1. The Kier molecular flexibility index (Phi) is 5.74. The maximum Gasteiger partial charge on any atom is 0.255 e. The Bertz CT molecular complexity index is 484. The fourth-order valence-corrected chi connectivity index (χ4v) is 2.90. The average molecular weight is 312 g/mol. The zero-order valence-corrected chi connectivity index (χ0v) is 13.3. The summed E-state index contributed by atoms with van der Waals surface area (Å²) in [5, 5.41) is 3.30. The number of hydrogen-bond donors (Lipinski definition) is 1. The molecule has 1 aromatic carbocycles. The minimum atomic E-state index is -0.109. The van der Waals surface area contributed by atoms with Crippen molar-refractivity contribution in [3.8, 4) is 11.5 Å². The molecule has 0 saturated heterocycles. The van der Waals surface area contributed by atoms with Crippen LogP contribution in [0.2, 0.25) is 0 Å². The maximum atomic E-state index is 12.3. The van der Waals surface area contributed by atoms with Crippen molar-refractivity contribution in [2.24, 2.45) is 5.92 Å². The molecule has 4 nitrogen and oxygen atoms in total. The van der Waals surface area contributed by atoms with Crippen molar-refractivity contribution < 1.29 is 14.3 Å². The van der Waals surface area contributed by atoms with Gasteiger partial charge in [-0.3, -0.25) is 4.79 Å². The minimum Gasteiger partial charge on any atom is -0.497 e. The Balaban J connectivity index is 1.94. The van der Waals surface area contributed by atoms with Crippen molar-refractivity contribution in [1.82, 2.24) is 5.32 Å². The van der Waals surface area contributed by atoms with Crippen LogP contribution in [0.5, 0.6) is 11.5 Å². The number of ether oxygens (including phenoxy) is 2. The standard InChI is InChI=1S/C16H22ClNO3/c1-20-13-7-8-14(15(9-13)21-2)16(19)18-10-11-3-5-12(17)6-4-11/h7-9,11-12H,3-6,10H2,1-2H3,(H,18,19). The summed E-state index contributed by atoms with van der Waals surface area (Å²) in [6.07, 6.45) is 4.23. The highest BCUT2D eigenvalue weighted by atomic mass is 35.5. The second-order valence-electron chi connectivity index (χ2n) is 5.39. The van der Waals surface area contributed by atoms with Crippen molar-refractivity contribution in [2.75, 3.05) is 20.8 Å². The second kappa shape index (κ2) is 7.55. The van der Waals surface area contributed by atoms with Gasteiger partial charge in [-0.2, -0.15) is 0 Å². The van der Waals surface area contributed by atoms with Crippen LogP contribution < -0.4 is 14.8 Å². The summed E-state index contributed by atoms with van der Waals surface area (Å²) >= 11 is 6.09. The number of carbonyl (C=O) groups is 1. The van der Waals surface area contributed by atoms with E-state index < -0.39 is 0 Å². The minimum absolute atomic E-state index is 0.109. The molecule has 1 amide bonds. The number of amides is 1. The fourth-order valence-electron chi connectivity index (χ4n) is 2.64. The predicted molar refractivity (Wildman–Crippen MR) is 83.5 cm³/mol. The number of halogens is 1. The molecule has 1 fully saturated rings. The summed E-state index contributed by atoms with van der Waals surface area (Å²) in [7, 11) is 3.13. The lowest BCUT2D eigenvalue weighted by molar-refractivity contribution is 0.0940. The summed E-state index contributed by atoms with van der Waals surface area (Å²) in [5.74, 6) is 1.61. The highest BCUT2D eigenvalue weighted by Gasteiger charge is 2.21. The Labute approximate surface area is 130 Å². The molecule has 0 aromatic heterocycles. The summed E-state index contributed by atoms with van der Waals surface area (Å²) in [4.78, 5) is 12.3. The number of methoxy groups -OCH3 is 2. The summed E-state index contributed by atoms with van der Waals surface area (Å²) in [5.41, 5.74) is 0.532. The van der Waals surface area contributed by atoms with E-state index in [0.29, 0.717) is 34.9 Å². The van der Waals surface area contributed by atoms with Crippen LogP contribution in [0.1, 0.15) is 36.0 Å². The molecule has 1 aliphatic carbocycles. The third-order valence-corrected chi connectivity index (χ3v) is 4.42. The lowest BCUT2D eigenvalue weighted by Crippen LogP contribution is -2.31. The SMILES string of the molecule is COc1ccc(C(=O)NCC2CCC(Cl)CC2)c(OC)c1. The summed E-state index contributed by atoms with van der Waals surface area (Å²) in [6, 6.07) is 5.20. The molecule has 0 aliphatic heterocycles. The van der Waals surface area contributed by atoms with Crippen LogP contribution in [0.25, 0.3) is 0 Å². The summed E-state index contributed by atoms with van der Waals surface area (Å²) in [6.45, 7) is 0.692. The summed E-state index contributed by atoms with van der Waals surface area (Å²) < 4.78 is 10.4. The molecule has 5 heteroatoms. The van der Waals surface area contributed by atoms with Gasteiger partial charge in [-0.15, -0.1) is 11.6 Å². The Morgan fingerprint density at radius 3 is 2.57 bits per heavy atom. The quantitative estimate of drug-likeness (QED) is 0.849. The third-order valence-electron chi connectivity index (χ3n) is 3.98. The van der Waals surface area contributed by atoms with Gasteiger partial charge in [0.1, 0.15) is 11.5 Å². The molecule has 0 spiro atoms. The van der Waals surface area contributed by atoms with E-state index in [4.69, 9.17) is 21.1 Å². The molecular formula is C16H22ClNO3. The molecule has 2 rings (SSSR count). The van der Waals surface area contributed by atoms with Gasteiger partial charge in [-0.05, 0) is 43.7 Å². The molecular weight excluding hydrogens is 290 g/mol.